The van der Waals surface area contributed by atoms with E-state index in [1.54, 1.807) is 31.9 Å². The molecule has 172 valence electrons. The second-order valence-corrected chi connectivity index (χ2v) is 9.83. The highest BCUT2D eigenvalue weighted by molar-refractivity contribution is 7.89. The summed E-state index contributed by atoms with van der Waals surface area (Å²) in [5.74, 6) is 5.28. The molecule has 2 N–H and O–H groups in total. The number of rotatable bonds is 5. The van der Waals surface area contributed by atoms with Gasteiger partial charge in [-0.3, -0.25) is 4.79 Å². The topological polar surface area (TPSA) is 107 Å². The molecule has 0 aliphatic carbocycles. The van der Waals surface area contributed by atoms with E-state index >= 15 is 0 Å². The van der Waals surface area contributed by atoms with Crippen LogP contribution in [0.5, 0.6) is 5.75 Å². The Morgan fingerprint density at radius 3 is 2.65 bits per heavy atom. The zero-order valence-electron chi connectivity index (χ0n) is 18.7. The number of aliphatic hydroxyl groups excluding tert-OH is 2. The third kappa shape index (κ3) is 5.98. The van der Waals surface area contributed by atoms with Gasteiger partial charge in [-0.25, -0.2) is 8.42 Å². The molecule has 8 nitrogen and oxygen atoms in total. The fraction of sp³-hybridized carbons (Fsp3) is 0.591. The van der Waals surface area contributed by atoms with Gasteiger partial charge in [-0.05, 0) is 32.0 Å². The molecule has 1 aromatic carbocycles. The predicted octanol–water partition coefficient (Wildman–Crippen LogP) is 1.06. The number of carbonyl (C=O) groups is 1. The van der Waals surface area contributed by atoms with Crippen molar-refractivity contribution in [2.75, 3.05) is 26.7 Å². The maximum Gasteiger partial charge on any atom is 0.247 e. The molecule has 1 amide bonds. The molecule has 1 aliphatic rings. The second kappa shape index (κ2) is 10.5. The van der Waals surface area contributed by atoms with Crippen molar-refractivity contribution in [1.82, 2.24) is 9.21 Å². The summed E-state index contributed by atoms with van der Waals surface area (Å²) in [6, 6.07) is 3.91. The van der Waals surface area contributed by atoms with Gasteiger partial charge in [-0.1, -0.05) is 25.7 Å². The fourth-order valence-corrected chi connectivity index (χ4v) is 5.18. The number of sulfonamides is 1. The Morgan fingerprint density at radius 2 is 2.06 bits per heavy atom. The lowest BCUT2D eigenvalue weighted by atomic mass is 10.0. The molecule has 0 unspecified atom stereocenters. The molecule has 0 radical (unpaired) electrons. The van der Waals surface area contributed by atoms with Crippen LogP contribution in [0.15, 0.2) is 23.1 Å². The lowest BCUT2D eigenvalue weighted by molar-refractivity contribution is -0.131. The van der Waals surface area contributed by atoms with E-state index in [0.717, 1.165) is 0 Å². The predicted molar refractivity (Wildman–Crippen MR) is 117 cm³/mol. The van der Waals surface area contributed by atoms with Crippen molar-refractivity contribution in [1.29, 1.82) is 0 Å². The first-order valence-corrected chi connectivity index (χ1v) is 11.8. The second-order valence-electron chi connectivity index (χ2n) is 7.97. The zero-order valence-corrected chi connectivity index (χ0v) is 19.5. The van der Waals surface area contributed by atoms with Gasteiger partial charge >= 0.3 is 0 Å². The van der Waals surface area contributed by atoms with Gasteiger partial charge in [-0.2, -0.15) is 4.31 Å². The summed E-state index contributed by atoms with van der Waals surface area (Å²) in [4.78, 5) is 13.7. The number of amides is 1. The van der Waals surface area contributed by atoms with Crippen LogP contribution in [0, 0.1) is 17.8 Å². The Balaban J connectivity index is 2.58. The Hall–Kier alpha value is -2.12. The van der Waals surface area contributed by atoms with E-state index in [4.69, 9.17) is 4.74 Å². The SMILES string of the molecule is CCC(=O)N(C)C[C@@H]1Oc2cc(C#C[C@@H](C)O)ccc2S(=O)(=O)N([C@@H](C)CO)C[C@@H]1C. The van der Waals surface area contributed by atoms with E-state index in [9.17, 15) is 23.4 Å². The first-order chi connectivity index (χ1) is 14.5. The molecule has 1 aliphatic heterocycles. The average molecular weight is 453 g/mol. The monoisotopic (exact) mass is 452 g/mol. The van der Waals surface area contributed by atoms with E-state index < -0.39 is 28.3 Å². The quantitative estimate of drug-likeness (QED) is 0.647. The summed E-state index contributed by atoms with van der Waals surface area (Å²) < 4.78 is 34.2. The first-order valence-electron chi connectivity index (χ1n) is 10.4. The van der Waals surface area contributed by atoms with Gasteiger partial charge in [0, 0.05) is 37.5 Å². The number of nitrogens with zero attached hydrogens (tertiary/aromatic N) is 2. The number of hydrogen-bond donors (Lipinski definition) is 2. The molecule has 9 heteroatoms. The van der Waals surface area contributed by atoms with E-state index in [1.165, 1.54) is 23.4 Å². The Labute approximate surface area is 184 Å². The molecular weight excluding hydrogens is 420 g/mol. The van der Waals surface area contributed by atoms with Crippen molar-refractivity contribution in [3.05, 3.63) is 23.8 Å². The lowest BCUT2D eigenvalue weighted by Gasteiger charge is -2.37. The molecule has 1 heterocycles. The van der Waals surface area contributed by atoms with Gasteiger partial charge in [0.25, 0.3) is 0 Å². The summed E-state index contributed by atoms with van der Waals surface area (Å²) in [5, 5.41) is 19.1. The molecule has 1 aromatic rings. The first kappa shape index (κ1) is 25.1. The largest absolute Gasteiger partial charge is 0.487 e. The molecule has 2 rings (SSSR count). The van der Waals surface area contributed by atoms with E-state index in [1.807, 2.05) is 6.92 Å². The molecule has 0 saturated heterocycles. The van der Waals surface area contributed by atoms with Gasteiger partial charge < -0.3 is 19.8 Å². The van der Waals surface area contributed by atoms with Crippen LogP contribution >= 0.6 is 0 Å². The van der Waals surface area contributed by atoms with Crippen LogP contribution in [0.2, 0.25) is 0 Å². The minimum atomic E-state index is -3.94. The molecule has 0 spiro atoms. The highest BCUT2D eigenvalue weighted by Gasteiger charge is 2.38. The molecule has 4 atom stereocenters. The van der Waals surface area contributed by atoms with E-state index in [-0.39, 0.29) is 42.2 Å². The summed E-state index contributed by atoms with van der Waals surface area (Å²) in [6.45, 7) is 6.94. The maximum absolute atomic E-state index is 13.4. The van der Waals surface area contributed by atoms with Crippen molar-refractivity contribution in [3.63, 3.8) is 0 Å². The Bertz CT molecular complexity index is 950. The molecule has 31 heavy (non-hydrogen) atoms. The summed E-state index contributed by atoms with van der Waals surface area (Å²) in [5.41, 5.74) is 0.501. The maximum atomic E-state index is 13.4. The lowest BCUT2D eigenvalue weighted by Crippen LogP contribution is -2.50. The number of ether oxygens (including phenoxy) is 1. The Morgan fingerprint density at radius 1 is 1.39 bits per heavy atom. The van der Waals surface area contributed by atoms with Gasteiger partial charge in [0.2, 0.25) is 15.9 Å². The highest BCUT2D eigenvalue weighted by Crippen LogP contribution is 2.34. The summed E-state index contributed by atoms with van der Waals surface area (Å²) in [7, 11) is -2.25. The van der Waals surface area contributed by atoms with Crippen LogP contribution in [0.4, 0.5) is 0 Å². The van der Waals surface area contributed by atoms with Crippen LogP contribution in [-0.2, 0) is 14.8 Å². The standard InChI is InChI=1S/C22H32N2O6S/c1-6-22(27)23(5)13-20-15(2)12-24(16(3)14-25)31(28,29)21-10-9-18(8-7-17(4)26)11-19(21)30-20/h9-11,15-17,20,25-26H,6,12-14H2,1-5H3/t15-,16-,17+,20-/m0/s1. The van der Waals surface area contributed by atoms with Crippen LogP contribution in [-0.4, -0.2) is 78.7 Å². The molecule has 0 aromatic heterocycles. The summed E-state index contributed by atoms with van der Waals surface area (Å²) >= 11 is 0. The smallest absolute Gasteiger partial charge is 0.247 e. The van der Waals surface area contributed by atoms with Gasteiger partial charge in [0.1, 0.15) is 22.9 Å². The van der Waals surface area contributed by atoms with Crippen LogP contribution in [0.1, 0.15) is 39.7 Å². The third-order valence-corrected chi connectivity index (χ3v) is 7.29. The van der Waals surface area contributed by atoms with Crippen molar-refractivity contribution in [3.8, 4) is 17.6 Å². The van der Waals surface area contributed by atoms with Crippen molar-refractivity contribution in [2.24, 2.45) is 5.92 Å². The molecular formula is C22H32N2O6S. The number of carbonyl (C=O) groups excluding carboxylic acids is 1. The minimum Gasteiger partial charge on any atom is -0.487 e. The van der Waals surface area contributed by atoms with Crippen molar-refractivity contribution >= 4 is 15.9 Å². The highest BCUT2D eigenvalue weighted by atomic mass is 32.2. The molecule has 0 fully saturated rings. The molecule has 0 saturated carbocycles. The number of fused-ring (bicyclic) bond motifs is 1. The van der Waals surface area contributed by atoms with E-state index in [2.05, 4.69) is 11.8 Å². The average Bonchev–Trinajstić information content (AvgIpc) is 2.73. The van der Waals surface area contributed by atoms with Gasteiger partial charge in [-0.15, -0.1) is 0 Å². The minimum absolute atomic E-state index is 0.0169. The van der Waals surface area contributed by atoms with Crippen LogP contribution < -0.4 is 4.74 Å². The fourth-order valence-electron chi connectivity index (χ4n) is 3.35. The number of benzene rings is 1. The normalized spacial score (nSPS) is 22.5. The zero-order chi connectivity index (χ0) is 23.3. The van der Waals surface area contributed by atoms with E-state index in [0.29, 0.717) is 12.0 Å². The van der Waals surface area contributed by atoms with Gasteiger partial charge in [0.05, 0.1) is 13.2 Å². The van der Waals surface area contributed by atoms with Crippen LogP contribution in [0.25, 0.3) is 0 Å². The van der Waals surface area contributed by atoms with Gasteiger partial charge in [0.15, 0.2) is 0 Å². The number of hydrogen-bond acceptors (Lipinski definition) is 6. The van der Waals surface area contributed by atoms with Crippen molar-refractivity contribution in [2.45, 2.75) is 57.3 Å². The molecule has 0 bridgehead atoms. The summed E-state index contributed by atoms with van der Waals surface area (Å²) in [6.07, 6.45) is -0.938. The van der Waals surface area contributed by atoms with Crippen molar-refractivity contribution < 1.29 is 28.2 Å². The number of likely N-dealkylation sites (N-methyl/N-ethyl adjacent to an activating group) is 1. The Kier molecular flexibility index (Phi) is 8.49. The van der Waals surface area contributed by atoms with Crippen LogP contribution in [0.3, 0.4) is 0 Å². The third-order valence-electron chi connectivity index (χ3n) is 5.27. The number of aliphatic hydroxyl groups is 2.